The number of carbonyl (C=O) groups excluding carboxylic acids is 2. The largest absolute Gasteiger partial charge is 0.508 e. The van der Waals surface area contributed by atoms with E-state index >= 15 is 0 Å². The maximum absolute atomic E-state index is 13.7. The standard InChI is InChI=1S/C30H30O15/c31-11-21-24(39)28(44-22(38)6-2-12-1-4-15(33)17(35)7-12)26(41)30(43-21)45-29-25(40)23-19(37)9-14(32)10-20(23)42-27(29)13-3-5-16(34)18(36)8-13/h1,3-5,7-10,21,24,26-37,39,41H,2,6,11H2/t21-,24-,26-,27-,28+,29?,30+/m1/s1. The summed E-state index contributed by atoms with van der Waals surface area (Å²) in [6, 6.07) is 9.40. The van der Waals surface area contributed by atoms with Crippen molar-refractivity contribution in [3.05, 3.63) is 65.2 Å². The molecule has 2 aliphatic rings. The summed E-state index contributed by atoms with van der Waals surface area (Å²) in [6.45, 7) is -0.818. The van der Waals surface area contributed by atoms with Crippen LogP contribution in [-0.2, 0) is 25.4 Å². The third-order valence-corrected chi connectivity index (χ3v) is 7.46. The molecule has 15 heteroatoms. The van der Waals surface area contributed by atoms with E-state index in [-0.39, 0.29) is 35.5 Å². The summed E-state index contributed by atoms with van der Waals surface area (Å²) >= 11 is 0. The Morgan fingerprint density at radius 2 is 1.51 bits per heavy atom. The number of aryl methyl sites for hydroxylation is 1. The number of phenolic OH excluding ortho intramolecular Hbond substituents is 6. The molecule has 45 heavy (non-hydrogen) atoms. The van der Waals surface area contributed by atoms with E-state index in [2.05, 4.69) is 0 Å². The van der Waals surface area contributed by atoms with Gasteiger partial charge in [0.15, 0.2) is 47.6 Å². The van der Waals surface area contributed by atoms with Gasteiger partial charge < -0.3 is 64.9 Å². The molecule has 1 saturated heterocycles. The van der Waals surface area contributed by atoms with Crippen LogP contribution in [0.25, 0.3) is 0 Å². The van der Waals surface area contributed by atoms with Gasteiger partial charge in [0, 0.05) is 18.6 Å². The van der Waals surface area contributed by atoms with Crippen LogP contribution in [0.1, 0.15) is 34.0 Å². The Hall–Kier alpha value is -4.80. The van der Waals surface area contributed by atoms with E-state index in [4.69, 9.17) is 18.9 Å². The third-order valence-electron chi connectivity index (χ3n) is 7.46. The predicted molar refractivity (Wildman–Crippen MR) is 148 cm³/mol. The second kappa shape index (κ2) is 12.7. The SMILES string of the molecule is O=C(CCc1ccc(O)c(O)c1)O[C@@H]1[C@@H](O)[C@H](OC2C(=O)c3c(O)cc(O)cc3O[C@@H]2c2ccc(O)c(O)c2)O[C@H](CO)[C@H]1O. The van der Waals surface area contributed by atoms with Gasteiger partial charge in [-0.25, -0.2) is 0 Å². The average Bonchev–Trinajstić information content (AvgIpc) is 2.99. The van der Waals surface area contributed by atoms with Crippen molar-refractivity contribution in [3.8, 4) is 40.2 Å². The summed E-state index contributed by atoms with van der Waals surface area (Å²) in [7, 11) is 0. The number of aliphatic hydroxyl groups excluding tert-OH is 3. The van der Waals surface area contributed by atoms with E-state index in [1.165, 1.54) is 24.3 Å². The second-order valence-corrected chi connectivity index (χ2v) is 10.5. The monoisotopic (exact) mass is 630 g/mol. The second-order valence-electron chi connectivity index (χ2n) is 10.5. The zero-order valence-electron chi connectivity index (χ0n) is 23.3. The van der Waals surface area contributed by atoms with Crippen LogP contribution in [0.5, 0.6) is 40.2 Å². The average molecular weight is 631 g/mol. The lowest BCUT2D eigenvalue weighted by Gasteiger charge is -2.43. The quantitative estimate of drug-likeness (QED) is 0.122. The van der Waals surface area contributed by atoms with Crippen LogP contribution in [0.2, 0.25) is 0 Å². The van der Waals surface area contributed by atoms with Crippen LogP contribution >= 0.6 is 0 Å². The summed E-state index contributed by atoms with van der Waals surface area (Å²) in [4.78, 5) is 26.4. The lowest BCUT2D eigenvalue weighted by atomic mass is 9.92. The molecule has 2 aliphatic heterocycles. The molecule has 1 fully saturated rings. The Balaban J connectivity index is 1.40. The van der Waals surface area contributed by atoms with Gasteiger partial charge in [-0.05, 0) is 41.8 Å². The number of carbonyl (C=O) groups is 2. The summed E-state index contributed by atoms with van der Waals surface area (Å²) in [6.07, 6.45) is -12.0. The molecule has 0 spiro atoms. The molecule has 1 unspecified atom stereocenters. The zero-order chi connectivity index (χ0) is 32.6. The molecule has 3 aromatic rings. The van der Waals surface area contributed by atoms with E-state index in [1.54, 1.807) is 0 Å². The van der Waals surface area contributed by atoms with Gasteiger partial charge in [-0.1, -0.05) is 12.1 Å². The van der Waals surface area contributed by atoms with Crippen molar-refractivity contribution >= 4 is 11.8 Å². The van der Waals surface area contributed by atoms with Crippen molar-refractivity contribution in [2.45, 2.75) is 55.8 Å². The number of esters is 1. The van der Waals surface area contributed by atoms with Crippen molar-refractivity contribution < 1.29 is 74.5 Å². The number of aliphatic hydroxyl groups is 3. The lowest BCUT2D eigenvalue weighted by Crippen LogP contribution is -2.61. The van der Waals surface area contributed by atoms with Crippen LogP contribution in [0.4, 0.5) is 0 Å². The van der Waals surface area contributed by atoms with Crippen LogP contribution in [0, 0.1) is 0 Å². The lowest BCUT2D eigenvalue weighted by molar-refractivity contribution is -0.313. The van der Waals surface area contributed by atoms with Gasteiger partial charge in [0.1, 0.15) is 41.1 Å². The first-order valence-corrected chi connectivity index (χ1v) is 13.6. The Bertz CT molecular complexity index is 1590. The molecule has 5 rings (SSSR count). The maximum atomic E-state index is 13.7. The number of fused-ring (bicyclic) bond motifs is 1. The van der Waals surface area contributed by atoms with Crippen molar-refractivity contribution in [1.29, 1.82) is 0 Å². The number of benzene rings is 3. The number of hydrogen-bond donors (Lipinski definition) is 9. The summed E-state index contributed by atoms with van der Waals surface area (Å²) in [5.41, 5.74) is 0.178. The summed E-state index contributed by atoms with van der Waals surface area (Å²) < 4.78 is 22.6. The molecule has 0 bridgehead atoms. The first-order valence-electron chi connectivity index (χ1n) is 13.6. The van der Waals surface area contributed by atoms with E-state index in [0.717, 1.165) is 24.3 Å². The Morgan fingerprint density at radius 3 is 2.18 bits per heavy atom. The molecule has 0 radical (unpaired) electrons. The van der Waals surface area contributed by atoms with Gasteiger partial charge in [-0.2, -0.15) is 0 Å². The van der Waals surface area contributed by atoms with Crippen molar-refractivity contribution in [1.82, 2.24) is 0 Å². The van der Waals surface area contributed by atoms with E-state index in [0.29, 0.717) is 5.56 Å². The van der Waals surface area contributed by atoms with Crippen molar-refractivity contribution in [3.63, 3.8) is 0 Å². The van der Waals surface area contributed by atoms with E-state index < -0.39 is 90.0 Å². The van der Waals surface area contributed by atoms with Gasteiger partial charge in [0.05, 0.1) is 6.61 Å². The summed E-state index contributed by atoms with van der Waals surface area (Å²) in [5, 5.41) is 91.0. The smallest absolute Gasteiger partial charge is 0.306 e. The minimum atomic E-state index is -1.93. The highest BCUT2D eigenvalue weighted by molar-refractivity contribution is 6.05. The third kappa shape index (κ3) is 6.38. The molecule has 9 N–H and O–H groups in total. The topological polar surface area (TPSA) is 253 Å². The molecule has 0 aromatic heterocycles. The number of ketones is 1. The van der Waals surface area contributed by atoms with E-state index in [9.17, 15) is 55.5 Å². The first-order chi connectivity index (χ1) is 21.4. The molecular formula is C30H30O15. The van der Waals surface area contributed by atoms with Gasteiger partial charge in [-0.3, -0.25) is 9.59 Å². The van der Waals surface area contributed by atoms with Crippen LogP contribution < -0.4 is 4.74 Å². The zero-order valence-corrected chi connectivity index (χ0v) is 23.3. The molecule has 7 atom stereocenters. The number of ether oxygens (including phenoxy) is 4. The molecule has 0 aliphatic carbocycles. The molecule has 0 amide bonds. The van der Waals surface area contributed by atoms with Crippen molar-refractivity contribution in [2.75, 3.05) is 6.61 Å². The van der Waals surface area contributed by atoms with Gasteiger partial charge in [-0.15, -0.1) is 0 Å². The first kappa shape index (κ1) is 31.6. The fourth-order valence-electron chi connectivity index (χ4n) is 5.13. The highest BCUT2D eigenvalue weighted by atomic mass is 16.7. The minimum Gasteiger partial charge on any atom is -0.508 e. The predicted octanol–water partition coefficient (Wildman–Crippen LogP) is 0.605. The highest BCUT2D eigenvalue weighted by Crippen LogP contribution is 2.44. The number of rotatable bonds is 8. The Labute approximate surface area is 254 Å². The Morgan fingerprint density at radius 1 is 0.822 bits per heavy atom. The van der Waals surface area contributed by atoms with Gasteiger partial charge in [0.25, 0.3) is 0 Å². The maximum Gasteiger partial charge on any atom is 0.306 e. The normalized spacial score (nSPS) is 26.1. The minimum absolute atomic E-state index is 0.0545. The van der Waals surface area contributed by atoms with Crippen LogP contribution in [-0.4, -0.2) is 101 Å². The molecule has 15 nitrogen and oxygen atoms in total. The van der Waals surface area contributed by atoms with Gasteiger partial charge >= 0.3 is 5.97 Å². The molecule has 3 aromatic carbocycles. The van der Waals surface area contributed by atoms with Crippen LogP contribution in [0.15, 0.2) is 48.5 Å². The van der Waals surface area contributed by atoms with E-state index in [1.807, 2.05) is 0 Å². The summed E-state index contributed by atoms with van der Waals surface area (Å²) in [5.74, 6) is -4.91. The fraction of sp³-hybridized carbons (Fsp3) is 0.333. The molecule has 240 valence electrons. The number of phenols is 6. The van der Waals surface area contributed by atoms with Crippen LogP contribution in [0.3, 0.4) is 0 Å². The highest BCUT2D eigenvalue weighted by Gasteiger charge is 2.51. The molecule has 0 saturated carbocycles. The fourth-order valence-corrected chi connectivity index (χ4v) is 5.13. The number of hydrogen-bond acceptors (Lipinski definition) is 15. The molecular weight excluding hydrogens is 600 g/mol. The van der Waals surface area contributed by atoms with Gasteiger partial charge in [0.2, 0.25) is 5.78 Å². The van der Waals surface area contributed by atoms with Crippen molar-refractivity contribution in [2.24, 2.45) is 0 Å². The molecule has 2 heterocycles. The Kier molecular flexibility index (Phi) is 8.90. The number of Topliss-reactive ketones (excluding diaryl/α,β-unsaturated/α-hetero) is 1. The number of aromatic hydroxyl groups is 6.